The van der Waals surface area contributed by atoms with E-state index in [4.69, 9.17) is 18.9 Å². The second-order valence-electron chi connectivity index (χ2n) is 6.63. The fourth-order valence-corrected chi connectivity index (χ4v) is 3.03. The summed E-state index contributed by atoms with van der Waals surface area (Å²) in [4.78, 5) is 14.6. The predicted molar refractivity (Wildman–Crippen MR) is 99.6 cm³/mol. The van der Waals surface area contributed by atoms with Crippen molar-refractivity contribution < 1.29 is 23.7 Å². The summed E-state index contributed by atoms with van der Waals surface area (Å²) in [7, 11) is 1.92. The van der Waals surface area contributed by atoms with E-state index in [-0.39, 0.29) is 18.7 Å². The van der Waals surface area contributed by atoms with Gasteiger partial charge in [-0.1, -0.05) is 6.07 Å². The van der Waals surface area contributed by atoms with Crippen LogP contribution in [-0.4, -0.2) is 43.9 Å². The number of carbonyl (C=O) groups excluding carboxylic acids is 1. The SMILES string of the molecule is C[C@H](C(=O)Nc1ccc2c(c1)OCO2)N(C)Cc1ccc2c(c1)OCCO2. The maximum atomic E-state index is 12.6. The van der Waals surface area contributed by atoms with Crippen molar-refractivity contribution in [3.8, 4) is 23.0 Å². The molecule has 0 radical (unpaired) electrons. The van der Waals surface area contributed by atoms with Crippen LogP contribution in [0.2, 0.25) is 0 Å². The van der Waals surface area contributed by atoms with Crippen LogP contribution in [0, 0.1) is 0 Å². The zero-order chi connectivity index (χ0) is 18.8. The van der Waals surface area contributed by atoms with Crippen LogP contribution in [0.25, 0.3) is 0 Å². The van der Waals surface area contributed by atoms with Gasteiger partial charge >= 0.3 is 0 Å². The number of nitrogens with one attached hydrogen (secondary N) is 1. The first-order chi connectivity index (χ1) is 13.1. The number of hydrogen-bond acceptors (Lipinski definition) is 6. The highest BCUT2D eigenvalue weighted by Gasteiger charge is 2.21. The van der Waals surface area contributed by atoms with E-state index < -0.39 is 0 Å². The number of anilines is 1. The molecule has 142 valence electrons. The minimum atomic E-state index is -0.316. The Morgan fingerprint density at radius 2 is 1.67 bits per heavy atom. The van der Waals surface area contributed by atoms with E-state index in [0.29, 0.717) is 36.9 Å². The molecular weight excluding hydrogens is 348 g/mol. The van der Waals surface area contributed by atoms with Gasteiger partial charge in [-0.25, -0.2) is 0 Å². The summed E-state index contributed by atoms with van der Waals surface area (Å²) in [5.41, 5.74) is 1.74. The molecule has 1 atom stereocenters. The van der Waals surface area contributed by atoms with Gasteiger partial charge < -0.3 is 24.3 Å². The third kappa shape index (κ3) is 3.78. The molecule has 2 aliphatic rings. The molecule has 0 spiro atoms. The summed E-state index contributed by atoms with van der Waals surface area (Å²) in [5, 5.41) is 2.93. The highest BCUT2D eigenvalue weighted by atomic mass is 16.7. The van der Waals surface area contributed by atoms with E-state index in [1.54, 1.807) is 18.2 Å². The van der Waals surface area contributed by atoms with Crippen LogP contribution in [0.3, 0.4) is 0 Å². The van der Waals surface area contributed by atoms with E-state index in [0.717, 1.165) is 17.1 Å². The summed E-state index contributed by atoms with van der Waals surface area (Å²) >= 11 is 0. The van der Waals surface area contributed by atoms with Gasteiger partial charge in [-0.05, 0) is 43.8 Å². The van der Waals surface area contributed by atoms with Gasteiger partial charge in [-0.15, -0.1) is 0 Å². The molecule has 1 N–H and O–H groups in total. The molecule has 0 unspecified atom stereocenters. The largest absolute Gasteiger partial charge is 0.486 e. The molecule has 0 saturated heterocycles. The summed E-state index contributed by atoms with van der Waals surface area (Å²) < 4.78 is 21.8. The Morgan fingerprint density at radius 1 is 1.00 bits per heavy atom. The Labute approximate surface area is 157 Å². The Kier molecular flexibility index (Phi) is 4.77. The van der Waals surface area contributed by atoms with Crippen molar-refractivity contribution in [2.24, 2.45) is 0 Å². The van der Waals surface area contributed by atoms with Crippen LogP contribution in [0.1, 0.15) is 12.5 Å². The highest BCUT2D eigenvalue weighted by Crippen LogP contribution is 2.34. The zero-order valence-corrected chi connectivity index (χ0v) is 15.4. The topological polar surface area (TPSA) is 69.3 Å². The highest BCUT2D eigenvalue weighted by molar-refractivity contribution is 5.94. The number of benzene rings is 2. The van der Waals surface area contributed by atoms with Crippen molar-refractivity contribution in [2.45, 2.75) is 19.5 Å². The predicted octanol–water partition coefficient (Wildman–Crippen LogP) is 2.65. The molecule has 0 aliphatic carbocycles. The van der Waals surface area contributed by atoms with E-state index in [9.17, 15) is 4.79 Å². The Balaban J connectivity index is 1.38. The lowest BCUT2D eigenvalue weighted by molar-refractivity contribution is -0.120. The molecule has 27 heavy (non-hydrogen) atoms. The fourth-order valence-electron chi connectivity index (χ4n) is 3.03. The first kappa shape index (κ1) is 17.5. The third-order valence-electron chi connectivity index (χ3n) is 4.72. The first-order valence-electron chi connectivity index (χ1n) is 8.89. The molecule has 1 amide bonds. The second kappa shape index (κ2) is 7.36. The van der Waals surface area contributed by atoms with Gasteiger partial charge in [0.1, 0.15) is 13.2 Å². The van der Waals surface area contributed by atoms with Crippen LogP contribution in [0.15, 0.2) is 36.4 Å². The summed E-state index contributed by atoms with van der Waals surface area (Å²) in [5.74, 6) is 2.77. The Hall–Kier alpha value is -2.93. The van der Waals surface area contributed by atoms with Crippen molar-refractivity contribution in [1.82, 2.24) is 4.90 Å². The standard InChI is InChI=1S/C20H22N2O5/c1-13(20(23)21-15-4-6-17-19(10-15)27-12-26-17)22(2)11-14-3-5-16-18(9-14)25-8-7-24-16/h3-6,9-10,13H,7-8,11-12H2,1-2H3,(H,21,23)/t13-/m1/s1. The molecule has 2 heterocycles. The number of carbonyl (C=O) groups is 1. The summed E-state index contributed by atoms with van der Waals surface area (Å²) in [6.45, 7) is 3.83. The molecular formula is C20H22N2O5. The quantitative estimate of drug-likeness (QED) is 0.873. The van der Waals surface area contributed by atoms with Crippen LogP contribution >= 0.6 is 0 Å². The van der Waals surface area contributed by atoms with E-state index in [1.807, 2.05) is 37.1 Å². The van der Waals surface area contributed by atoms with Gasteiger partial charge in [0.2, 0.25) is 12.7 Å². The Bertz CT molecular complexity index is 854. The number of ether oxygens (including phenoxy) is 4. The van der Waals surface area contributed by atoms with Gasteiger partial charge in [0.05, 0.1) is 6.04 Å². The molecule has 0 saturated carbocycles. The molecule has 0 aromatic heterocycles. The van der Waals surface area contributed by atoms with Gasteiger partial charge in [-0.2, -0.15) is 0 Å². The second-order valence-corrected chi connectivity index (χ2v) is 6.63. The number of hydrogen-bond donors (Lipinski definition) is 1. The minimum Gasteiger partial charge on any atom is -0.486 e. The average molecular weight is 370 g/mol. The Morgan fingerprint density at radius 3 is 2.52 bits per heavy atom. The van der Waals surface area contributed by atoms with Crippen molar-refractivity contribution in [3.63, 3.8) is 0 Å². The normalized spacial score (nSPS) is 15.5. The van der Waals surface area contributed by atoms with Crippen molar-refractivity contribution >= 4 is 11.6 Å². The van der Waals surface area contributed by atoms with Gasteiger partial charge in [0.25, 0.3) is 0 Å². The van der Waals surface area contributed by atoms with E-state index >= 15 is 0 Å². The zero-order valence-electron chi connectivity index (χ0n) is 15.4. The lowest BCUT2D eigenvalue weighted by Gasteiger charge is -2.25. The summed E-state index contributed by atoms with van der Waals surface area (Å²) in [6, 6.07) is 10.9. The third-order valence-corrected chi connectivity index (χ3v) is 4.72. The molecule has 0 bridgehead atoms. The van der Waals surface area contributed by atoms with Crippen LogP contribution in [-0.2, 0) is 11.3 Å². The van der Waals surface area contributed by atoms with Gasteiger partial charge in [-0.3, -0.25) is 9.69 Å². The number of nitrogens with zero attached hydrogens (tertiary/aromatic N) is 1. The van der Waals surface area contributed by atoms with Crippen LogP contribution < -0.4 is 24.3 Å². The van der Waals surface area contributed by atoms with Crippen molar-refractivity contribution in [1.29, 1.82) is 0 Å². The van der Waals surface area contributed by atoms with Crippen molar-refractivity contribution in [3.05, 3.63) is 42.0 Å². The molecule has 2 aliphatic heterocycles. The average Bonchev–Trinajstić information content (AvgIpc) is 3.15. The van der Waals surface area contributed by atoms with E-state index in [2.05, 4.69) is 5.32 Å². The fraction of sp³-hybridized carbons (Fsp3) is 0.350. The molecule has 2 aromatic rings. The lowest BCUT2D eigenvalue weighted by atomic mass is 10.1. The molecule has 4 rings (SSSR count). The van der Waals surface area contributed by atoms with Crippen LogP contribution in [0.4, 0.5) is 5.69 Å². The van der Waals surface area contributed by atoms with Gasteiger partial charge in [0, 0.05) is 18.3 Å². The molecule has 0 fully saturated rings. The first-order valence-corrected chi connectivity index (χ1v) is 8.89. The number of amides is 1. The monoisotopic (exact) mass is 370 g/mol. The number of likely N-dealkylation sites (N-methyl/N-ethyl adjacent to an activating group) is 1. The molecule has 7 nitrogen and oxygen atoms in total. The minimum absolute atomic E-state index is 0.0890. The maximum absolute atomic E-state index is 12.6. The lowest BCUT2D eigenvalue weighted by Crippen LogP contribution is -2.39. The van der Waals surface area contributed by atoms with Crippen molar-refractivity contribution in [2.75, 3.05) is 32.4 Å². The summed E-state index contributed by atoms with van der Waals surface area (Å²) in [6.07, 6.45) is 0. The van der Waals surface area contributed by atoms with Gasteiger partial charge in [0.15, 0.2) is 23.0 Å². The number of rotatable bonds is 5. The number of fused-ring (bicyclic) bond motifs is 2. The molecule has 2 aromatic carbocycles. The molecule has 7 heteroatoms. The smallest absolute Gasteiger partial charge is 0.241 e. The maximum Gasteiger partial charge on any atom is 0.241 e. The van der Waals surface area contributed by atoms with Crippen LogP contribution in [0.5, 0.6) is 23.0 Å². The van der Waals surface area contributed by atoms with E-state index in [1.165, 1.54) is 0 Å².